The fourth-order valence-corrected chi connectivity index (χ4v) is 8.77. The fourth-order valence-electron chi connectivity index (χ4n) is 7.48. The second-order valence-electron chi connectivity index (χ2n) is 11.7. The second kappa shape index (κ2) is 10.5. The van der Waals surface area contributed by atoms with Crippen LogP contribution in [0, 0.1) is 27.1 Å². The summed E-state index contributed by atoms with van der Waals surface area (Å²) in [6.45, 7) is 0. The van der Waals surface area contributed by atoms with Crippen molar-refractivity contribution in [2.45, 2.75) is 28.5 Å². The lowest BCUT2D eigenvalue weighted by Crippen LogP contribution is -2.60. The van der Waals surface area contributed by atoms with E-state index < -0.39 is 57.0 Å². The highest BCUT2D eigenvalue weighted by molar-refractivity contribution is 14.1. The van der Waals surface area contributed by atoms with Crippen molar-refractivity contribution in [1.29, 1.82) is 0 Å². The van der Waals surface area contributed by atoms with Crippen molar-refractivity contribution in [3.05, 3.63) is 93.3 Å². The van der Waals surface area contributed by atoms with Gasteiger partial charge in [-0.2, -0.15) is 0 Å². The molecule has 2 saturated heterocycles. The average Bonchev–Trinajstić information content (AvgIpc) is 3.36. The zero-order valence-electron chi connectivity index (χ0n) is 23.5. The summed E-state index contributed by atoms with van der Waals surface area (Å²) in [7, 11) is 1.44. The van der Waals surface area contributed by atoms with Crippen LogP contribution in [0.4, 0.5) is 15.8 Å². The van der Waals surface area contributed by atoms with Crippen LogP contribution in [0.1, 0.15) is 24.3 Å². The molecule has 0 bridgehead atoms. The van der Waals surface area contributed by atoms with Gasteiger partial charge in [0.15, 0.2) is 9.75 Å². The Bertz CT molecular complexity index is 1840. The first-order chi connectivity index (χ1) is 21.4. The first-order valence-electron chi connectivity index (χ1n) is 14.1. The number of allylic oxidation sites excluding steroid dienone is 2. The zero-order chi connectivity index (χ0) is 32.0. The summed E-state index contributed by atoms with van der Waals surface area (Å²) >= 11 is 16.8. The molecule has 7 rings (SSSR count). The molecule has 12 heteroatoms. The topological polar surface area (TPSA) is 104 Å². The van der Waals surface area contributed by atoms with Crippen LogP contribution < -0.4 is 14.5 Å². The van der Waals surface area contributed by atoms with E-state index in [-0.39, 0.29) is 35.7 Å². The summed E-state index contributed by atoms with van der Waals surface area (Å²) in [5, 5.41) is 11.2. The van der Waals surface area contributed by atoms with Crippen molar-refractivity contribution in [3.8, 4) is 11.5 Å². The van der Waals surface area contributed by atoms with Crippen molar-refractivity contribution in [3.63, 3.8) is 0 Å². The molecular formula is C33H24Cl2FIN2O6. The number of carbonyl (C=O) groups is 4. The summed E-state index contributed by atoms with van der Waals surface area (Å²) in [4.78, 5) is 54.4. The van der Waals surface area contributed by atoms with Crippen molar-refractivity contribution in [2.75, 3.05) is 16.9 Å². The number of rotatable bonds is 4. The molecule has 3 aromatic rings. The number of methoxy groups -OCH3 is 1. The number of alkyl halides is 2. The lowest BCUT2D eigenvalue weighted by molar-refractivity contribution is -0.125. The monoisotopic (exact) mass is 760 g/mol. The van der Waals surface area contributed by atoms with Crippen molar-refractivity contribution < 1.29 is 33.4 Å². The van der Waals surface area contributed by atoms with Crippen molar-refractivity contribution in [1.82, 2.24) is 0 Å². The van der Waals surface area contributed by atoms with Gasteiger partial charge in [-0.1, -0.05) is 11.6 Å². The van der Waals surface area contributed by atoms with Crippen LogP contribution in [0.25, 0.3) is 0 Å². The number of imide groups is 2. The number of halogens is 4. The van der Waals surface area contributed by atoms with Gasteiger partial charge in [0.1, 0.15) is 17.3 Å². The van der Waals surface area contributed by atoms with Gasteiger partial charge in [-0.15, -0.1) is 23.2 Å². The van der Waals surface area contributed by atoms with Crippen molar-refractivity contribution in [2.24, 2.45) is 17.8 Å². The molecule has 3 aromatic carbocycles. The van der Waals surface area contributed by atoms with E-state index in [4.69, 9.17) is 27.9 Å². The Balaban J connectivity index is 1.41. The number of benzene rings is 3. The van der Waals surface area contributed by atoms with Gasteiger partial charge < -0.3 is 9.84 Å². The first kappa shape index (κ1) is 30.2. The molecule has 8 nitrogen and oxygen atoms in total. The minimum atomic E-state index is -2.17. The fraction of sp³-hybridized carbons (Fsp3) is 0.273. The number of aromatic hydroxyl groups is 1. The molecule has 1 N–H and O–H groups in total. The van der Waals surface area contributed by atoms with E-state index >= 15 is 0 Å². The van der Waals surface area contributed by atoms with Crippen LogP contribution in [-0.4, -0.2) is 45.6 Å². The van der Waals surface area contributed by atoms with Gasteiger partial charge in [-0.05, 0) is 108 Å². The van der Waals surface area contributed by atoms with Crippen molar-refractivity contribution >= 4 is 80.8 Å². The number of phenols is 1. The SMILES string of the molecule is COc1ccc(O)c(C2C3=CCC4C(=O)N(c5ccc(I)cc5)C(=O)C4C3CC3(Cl)C(=O)N(c4ccc(F)cc4)C(=O)C23Cl)c1. The zero-order valence-corrected chi connectivity index (χ0v) is 27.2. The lowest BCUT2D eigenvalue weighted by Gasteiger charge is -2.50. The molecule has 45 heavy (non-hydrogen) atoms. The van der Waals surface area contributed by atoms with E-state index in [2.05, 4.69) is 22.6 Å². The number of hydrogen-bond acceptors (Lipinski definition) is 6. The largest absolute Gasteiger partial charge is 0.508 e. The van der Waals surface area contributed by atoms with Crippen LogP contribution in [0.2, 0.25) is 0 Å². The van der Waals surface area contributed by atoms with E-state index in [0.717, 1.165) is 20.6 Å². The molecule has 2 heterocycles. The number of fused-ring (bicyclic) bond motifs is 4. The molecule has 4 aliphatic rings. The van der Waals surface area contributed by atoms with Crippen LogP contribution in [0.15, 0.2) is 78.4 Å². The summed E-state index contributed by atoms with van der Waals surface area (Å²) in [5.41, 5.74) is 1.21. The Morgan fingerprint density at radius 1 is 0.889 bits per heavy atom. The van der Waals surface area contributed by atoms with Crippen LogP contribution in [-0.2, 0) is 19.2 Å². The number of anilines is 2. The first-order valence-corrected chi connectivity index (χ1v) is 16.0. The average molecular weight is 761 g/mol. The highest BCUT2D eigenvalue weighted by atomic mass is 127. The van der Waals surface area contributed by atoms with Gasteiger partial charge in [0.2, 0.25) is 11.8 Å². The number of amides is 4. The molecule has 2 aliphatic carbocycles. The predicted octanol–water partition coefficient (Wildman–Crippen LogP) is 5.91. The van der Waals surface area contributed by atoms with E-state index in [0.29, 0.717) is 17.0 Å². The summed E-state index contributed by atoms with van der Waals surface area (Å²) in [6.07, 6.45) is 1.74. The number of phenolic OH excluding ortho intramolecular Hbond substituents is 1. The third kappa shape index (κ3) is 4.14. The van der Waals surface area contributed by atoms with Gasteiger partial charge in [0.25, 0.3) is 11.8 Å². The number of hydrogen-bond donors (Lipinski definition) is 1. The van der Waals surface area contributed by atoms with E-state index in [1.165, 1.54) is 42.3 Å². The molecule has 0 spiro atoms. The minimum Gasteiger partial charge on any atom is -0.508 e. The van der Waals surface area contributed by atoms with Crippen LogP contribution in [0.3, 0.4) is 0 Å². The summed E-state index contributed by atoms with van der Waals surface area (Å²) < 4.78 is 20.2. The standard InChI is InChI=1S/C33H24Cl2FIN2O6/c1-45-20-10-13-25(40)23(14-20)27-21-11-12-22-26(29(42)38(28(22)41)18-8-4-17(37)5-9-18)24(21)15-32(34)30(43)39(31(44)33(27,32)35)19-6-2-16(36)3-7-19/h2-11,13-14,22,24,26-27,40H,12,15H2,1H3. The Morgan fingerprint density at radius 3 is 2.20 bits per heavy atom. The highest BCUT2D eigenvalue weighted by Gasteiger charge is 2.77. The van der Waals surface area contributed by atoms with Gasteiger partial charge in [0.05, 0.1) is 30.3 Å². The maximum atomic E-state index is 14.4. The maximum absolute atomic E-state index is 14.4. The Morgan fingerprint density at radius 2 is 1.53 bits per heavy atom. The predicted molar refractivity (Wildman–Crippen MR) is 173 cm³/mol. The molecule has 6 unspecified atom stereocenters. The maximum Gasteiger partial charge on any atom is 0.258 e. The molecule has 2 aliphatic heterocycles. The second-order valence-corrected chi connectivity index (χ2v) is 14.2. The summed E-state index contributed by atoms with van der Waals surface area (Å²) in [5.74, 6) is -6.53. The summed E-state index contributed by atoms with van der Waals surface area (Å²) in [6, 6.07) is 16.2. The molecule has 4 amide bonds. The Hall–Kier alpha value is -3.48. The minimum absolute atomic E-state index is 0.0706. The Labute approximate surface area is 280 Å². The normalized spacial score (nSPS) is 30.6. The van der Waals surface area contributed by atoms with Gasteiger partial charge in [-0.25, -0.2) is 9.29 Å². The molecule has 230 valence electrons. The third-order valence-corrected chi connectivity index (χ3v) is 11.7. The number of carbonyl (C=O) groups excluding carboxylic acids is 4. The Kier molecular flexibility index (Phi) is 7.06. The highest BCUT2D eigenvalue weighted by Crippen LogP contribution is 2.66. The smallest absolute Gasteiger partial charge is 0.258 e. The molecule has 1 saturated carbocycles. The molecule has 0 aromatic heterocycles. The van der Waals surface area contributed by atoms with Crippen LogP contribution >= 0.6 is 45.8 Å². The molecule has 0 radical (unpaired) electrons. The van der Waals surface area contributed by atoms with E-state index in [1.54, 1.807) is 30.3 Å². The van der Waals surface area contributed by atoms with Gasteiger partial charge in [-0.3, -0.25) is 24.1 Å². The quantitative estimate of drug-likeness (QED) is 0.154. The third-order valence-electron chi connectivity index (χ3n) is 9.53. The lowest BCUT2D eigenvalue weighted by atomic mass is 9.56. The van der Waals surface area contributed by atoms with E-state index in [1.807, 2.05) is 0 Å². The van der Waals surface area contributed by atoms with Gasteiger partial charge >= 0.3 is 0 Å². The molecule has 3 fully saturated rings. The number of ether oxygens (including phenoxy) is 1. The van der Waals surface area contributed by atoms with Gasteiger partial charge in [0, 0.05) is 15.1 Å². The van der Waals surface area contributed by atoms with Crippen LogP contribution in [0.5, 0.6) is 11.5 Å². The van der Waals surface area contributed by atoms with E-state index in [9.17, 15) is 28.7 Å². The molecular weight excluding hydrogens is 737 g/mol. The number of nitrogens with zero attached hydrogens (tertiary/aromatic N) is 2. The molecule has 6 atom stereocenters.